The number of hydrogen-bond acceptors (Lipinski definition) is 3. The number of benzene rings is 1. The van der Waals surface area contributed by atoms with Crippen LogP contribution in [0.25, 0.3) is 0 Å². The summed E-state index contributed by atoms with van der Waals surface area (Å²) < 4.78 is 41.2. The third kappa shape index (κ3) is 4.35. The van der Waals surface area contributed by atoms with E-state index in [1.54, 1.807) is 6.07 Å². The van der Waals surface area contributed by atoms with Crippen LogP contribution in [0, 0.1) is 5.92 Å². The molecule has 0 spiro atoms. The van der Waals surface area contributed by atoms with Gasteiger partial charge in [0.2, 0.25) is 0 Å². The predicted molar refractivity (Wildman–Crippen MR) is 72.6 cm³/mol. The highest BCUT2D eigenvalue weighted by Crippen LogP contribution is 2.35. The van der Waals surface area contributed by atoms with Gasteiger partial charge in [0.15, 0.2) is 0 Å². The van der Waals surface area contributed by atoms with Gasteiger partial charge in [0.05, 0.1) is 12.1 Å². The highest BCUT2D eigenvalue weighted by Gasteiger charge is 2.34. The first-order chi connectivity index (χ1) is 9.88. The summed E-state index contributed by atoms with van der Waals surface area (Å²) in [6.07, 6.45) is -0.737. The first kappa shape index (κ1) is 16.1. The molecule has 1 fully saturated rings. The molecule has 1 aliphatic rings. The molecule has 6 heteroatoms. The molecule has 2 rings (SSSR count). The Balaban J connectivity index is 2.16. The second-order valence-corrected chi connectivity index (χ2v) is 5.50. The summed E-state index contributed by atoms with van der Waals surface area (Å²) >= 11 is 0. The van der Waals surface area contributed by atoms with E-state index in [0.717, 1.165) is 32.1 Å². The van der Waals surface area contributed by atoms with E-state index in [-0.39, 0.29) is 17.2 Å². The minimum Gasteiger partial charge on any atom is -0.405 e. The summed E-state index contributed by atoms with van der Waals surface area (Å²) in [4.78, 5) is 0. The van der Waals surface area contributed by atoms with Gasteiger partial charge in [-0.25, -0.2) is 0 Å². The lowest BCUT2D eigenvalue weighted by molar-refractivity contribution is -0.275. The minimum atomic E-state index is -4.77. The molecule has 0 aromatic heterocycles. The van der Waals surface area contributed by atoms with Gasteiger partial charge < -0.3 is 15.6 Å². The first-order valence-electron chi connectivity index (χ1n) is 7.17. The van der Waals surface area contributed by atoms with E-state index >= 15 is 0 Å². The van der Waals surface area contributed by atoms with Crippen LogP contribution in [0.4, 0.5) is 13.2 Å². The Morgan fingerprint density at radius 3 is 2.38 bits per heavy atom. The zero-order chi connectivity index (χ0) is 15.5. The van der Waals surface area contributed by atoms with Gasteiger partial charge >= 0.3 is 6.36 Å². The van der Waals surface area contributed by atoms with Crippen molar-refractivity contribution in [2.45, 2.75) is 50.6 Å². The van der Waals surface area contributed by atoms with Crippen molar-refractivity contribution in [2.75, 3.05) is 0 Å². The van der Waals surface area contributed by atoms with E-state index in [1.165, 1.54) is 18.2 Å². The monoisotopic (exact) mass is 303 g/mol. The van der Waals surface area contributed by atoms with E-state index in [4.69, 9.17) is 5.73 Å². The Bertz CT molecular complexity index is 458. The number of aliphatic hydroxyl groups excluding tert-OH is 1. The van der Waals surface area contributed by atoms with Gasteiger partial charge in [-0.15, -0.1) is 13.2 Å². The van der Waals surface area contributed by atoms with Crippen LogP contribution in [0.1, 0.15) is 43.7 Å². The van der Waals surface area contributed by atoms with Crippen molar-refractivity contribution in [3.63, 3.8) is 0 Å². The van der Waals surface area contributed by atoms with Crippen molar-refractivity contribution in [3.05, 3.63) is 29.8 Å². The molecule has 3 nitrogen and oxygen atoms in total. The molecule has 1 aromatic rings. The van der Waals surface area contributed by atoms with E-state index < -0.39 is 18.5 Å². The molecule has 0 heterocycles. The summed E-state index contributed by atoms with van der Waals surface area (Å²) in [6.45, 7) is 0. The molecule has 21 heavy (non-hydrogen) atoms. The maximum Gasteiger partial charge on any atom is 0.573 e. The van der Waals surface area contributed by atoms with Crippen molar-refractivity contribution in [1.82, 2.24) is 0 Å². The molecule has 1 aliphatic carbocycles. The van der Waals surface area contributed by atoms with Gasteiger partial charge in [0, 0.05) is 5.56 Å². The van der Waals surface area contributed by atoms with Gasteiger partial charge in [0.25, 0.3) is 0 Å². The summed E-state index contributed by atoms with van der Waals surface area (Å²) in [5.41, 5.74) is 6.18. The van der Waals surface area contributed by atoms with Crippen molar-refractivity contribution >= 4 is 0 Å². The van der Waals surface area contributed by atoms with Gasteiger partial charge in [-0.1, -0.05) is 37.5 Å². The lowest BCUT2D eigenvalue weighted by Crippen LogP contribution is -2.34. The van der Waals surface area contributed by atoms with Gasteiger partial charge in [-0.2, -0.15) is 0 Å². The molecule has 0 amide bonds. The fourth-order valence-electron chi connectivity index (χ4n) is 2.93. The maximum absolute atomic E-state index is 12.4. The minimum absolute atomic E-state index is 0.0349. The fraction of sp³-hybridized carbons (Fsp3) is 0.600. The summed E-state index contributed by atoms with van der Waals surface area (Å²) in [5.74, 6) is -0.306. The van der Waals surface area contributed by atoms with E-state index in [9.17, 15) is 18.3 Å². The van der Waals surface area contributed by atoms with Crippen LogP contribution in [0.15, 0.2) is 24.3 Å². The SMILES string of the molecule is N[C@H](c1ccccc1OC(F)(F)F)[C@@H](O)C1CCCCC1. The molecule has 3 N–H and O–H groups in total. The molecule has 0 radical (unpaired) electrons. The number of ether oxygens (including phenoxy) is 1. The topological polar surface area (TPSA) is 55.5 Å². The standard InChI is InChI=1S/C15H20F3NO2/c16-15(17,18)21-12-9-5-4-8-11(12)13(19)14(20)10-6-2-1-3-7-10/h4-5,8-10,13-14,20H,1-3,6-7,19H2/t13-,14+/m1/s1. The molecule has 1 saturated carbocycles. The Kier molecular flexibility index (Phi) is 5.11. The van der Waals surface area contributed by atoms with Gasteiger partial charge in [0.1, 0.15) is 5.75 Å². The second-order valence-electron chi connectivity index (χ2n) is 5.50. The Morgan fingerprint density at radius 1 is 1.14 bits per heavy atom. The van der Waals surface area contributed by atoms with Crippen molar-refractivity contribution < 1.29 is 23.0 Å². The first-order valence-corrected chi connectivity index (χ1v) is 7.17. The zero-order valence-corrected chi connectivity index (χ0v) is 11.6. The van der Waals surface area contributed by atoms with E-state index in [0.29, 0.717) is 0 Å². The van der Waals surface area contributed by atoms with Crippen LogP contribution < -0.4 is 10.5 Å². The van der Waals surface area contributed by atoms with Crippen LogP contribution >= 0.6 is 0 Å². The van der Waals surface area contributed by atoms with Crippen LogP contribution in [0.2, 0.25) is 0 Å². The number of hydrogen-bond donors (Lipinski definition) is 2. The molecule has 0 aliphatic heterocycles. The number of aliphatic hydroxyl groups is 1. The van der Waals surface area contributed by atoms with Crippen molar-refractivity contribution in [3.8, 4) is 5.75 Å². The number of halogens is 3. The lowest BCUT2D eigenvalue weighted by atomic mass is 9.81. The number of nitrogens with two attached hydrogens (primary N) is 1. The Labute approximate surface area is 121 Å². The van der Waals surface area contributed by atoms with Gasteiger partial charge in [-0.05, 0) is 24.8 Å². The van der Waals surface area contributed by atoms with Crippen molar-refractivity contribution in [2.24, 2.45) is 11.7 Å². The average Bonchev–Trinajstić information content (AvgIpc) is 2.45. The third-order valence-corrected chi connectivity index (χ3v) is 4.00. The molecular formula is C15H20F3NO2. The van der Waals surface area contributed by atoms with Crippen molar-refractivity contribution in [1.29, 1.82) is 0 Å². The van der Waals surface area contributed by atoms with Gasteiger partial charge in [-0.3, -0.25) is 0 Å². The summed E-state index contributed by atoms with van der Waals surface area (Å²) in [5, 5.41) is 10.4. The van der Waals surface area contributed by atoms with E-state index in [1.807, 2.05) is 0 Å². The largest absolute Gasteiger partial charge is 0.573 e. The number of rotatable bonds is 4. The highest BCUT2D eigenvalue weighted by molar-refractivity contribution is 5.36. The fourth-order valence-corrected chi connectivity index (χ4v) is 2.93. The predicted octanol–water partition coefficient (Wildman–Crippen LogP) is 3.53. The second kappa shape index (κ2) is 6.66. The zero-order valence-electron chi connectivity index (χ0n) is 11.6. The molecule has 118 valence electrons. The smallest absolute Gasteiger partial charge is 0.405 e. The van der Waals surface area contributed by atoms with Crippen LogP contribution in [0.5, 0.6) is 5.75 Å². The lowest BCUT2D eigenvalue weighted by Gasteiger charge is -2.31. The molecule has 0 unspecified atom stereocenters. The summed E-state index contributed by atoms with van der Waals surface area (Å²) in [7, 11) is 0. The van der Waals surface area contributed by atoms with Crippen LogP contribution in [-0.2, 0) is 0 Å². The quantitative estimate of drug-likeness (QED) is 0.894. The summed E-state index contributed by atoms with van der Waals surface area (Å²) in [6, 6.07) is 4.84. The maximum atomic E-state index is 12.4. The molecule has 2 atom stereocenters. The number of para-hydroxylation sites is 1. The van der Waals surface area contributed by atoms with E-state index in [2.05, 4.69) is 4.74 Å². The third-order valence-electron chi connectivity index (χ3n) is 4.00. The molecule has 1 aromatic carbocycles. The normalized spacial score (nSPS) is 20.0. The number of alkyl halides is 3. The molecule has 0 bridgehead atoms. The highest BCUT2D eigenvalue weighted by atomic mass is 19.4. The van der Waals surface area contributed by atoms with Crippen LogP contribution in [-0.4, -0.2) is 17.6 Å². The van der Waals surface area contributed by atoms with Crippen LogP contribution in [0.3, 0.4) is 0 Å². The molecular weight excluding hydrogens is 283 g/mol. The molecule has 0 saturated heterocycles. The Hall–Kier alpha value is -1.27. The Morgan fingerprint density at radius 2 is 1.76 bits per heavy atom. The average molecular weight is 303 g/mol.